The van der Waals surface area contributed by atoms with Crippen LogP contribution in [-0.2, 0) is 22.8 Å². The summed E-state index contributed by atoms with van der Waals surface area (Å²) in [5.74, 6) is 0.950. The second-order valence-corrected chi connectivity index (χ2v) is 9.95. The van der Waals surface area contributed by atoms with Gasteiger partial charge in [0.25, 0.3) is 0 Å². The Labute approximate surface area is 127 Å². The lowest BCUT2D eigenvalue weighted by Crippen LogP contribution is -2.31. The van der Waals surface area contributed by atoms with Crippen molar-refractivity contribution in [1.29, 1.82) is 0 Å². The molecule has 1 aromatic heterocycles. The predicted molar refractivity (Wildman–Crippen MR) is 85.0 cm³/mol. The van der Waals surface area contributed by atoms with Crippen molar-refractivity contribution in [3.05, 3.63) is 23.0 Å². The molecule has 0 saturated carbocycles. The number of aryl methyl sites for hydroxylation is 1. The van der Waals surface area contributed by atoms with E-state index in [1.807, 2.05) is 0 Å². The highest BCUT2D eigenvalue weighted by atomic mass is 32.2. The fourth-order valence-electron chi connectivity index (χ4n) is 4.03. The first-order valence-corrected chi connectivity index (χ1v) is 9.64. The van der Waals surface area contributed by atoms with Gasteiger partial charge in [-0.1, -0.05) is 13.8 Å². The van der Waals surface area contributed by atoms with Gasteiger partial charge in [0, 0.05) is 24.0 Å². The van der Waals surface area contributed by atoms with E-state index in [1.54, 1.807) is 0 Å². The van der Waals surface area contributed by atoms with E-state index in [0.29, 0.717) is 11.5 Å². The monoisotopic (exact) mass is 310 g/mol. The zero-order chi connectivity index (χ0) is 15.4. The Balaban J connectivity index is 1.90. The van der Waals surface area contributed by atoms with E-state index >= 15 is 0 Å². The van der Waals surface area contributed by atoms with Gasteiger partial charge < -0.3 is 10.3 Å². The van der Waals surface area contributed by atoms with Crippen LogP contribution in [0.2, 0.25) is 0 Å². The van der Waals surface area contributed by atoms with E-state index in [1.165, 1.54) is 17.0 Å². The summed E-state index contributed by atoms with van der Waals surface area (Å²) in [6.45, 7) is 7.47. The Morgan fingerprint density at radius 2 is 2.14 bits per heavy atom. The van der Waals surface area contributed by atoms with Gasteiger partial charge in [-0.15, -0.1) is 0 Å². The molecule has 2 aliphatic rings. The van der Waals surface area contributed by atoms with E-state index < -0.39 is 9.84 Å². The highest BCUT2D eigenvalue weighted by molar-refractivity contribution is 7.91. The zero-order valence-electron chi connectivity index (χ0n) is 13.2. The molecule has 0 amide bonds. The molecular formula is C16H26N2O2S. The molecule has 1 saturated heterocycles. The summed E-state index contributed by atoms with van der Waals surface area (Å²) in [5, 5.41) is 0. The first-order chi connectivity index (χ1) is 9.67. The molecule has 2 atom stereocenters. The largest absolute Gasteiger partial charge is 0.348 e. The molecule has 1 aromatic rings. The van der Waals surface area contributed by atoms with Gasteiger partial charge in [-0.2, -0.15) is 0 Å². The molecule has 2 N–H and O–H groups in total. The zero-order valence-corrected chi connectivity index (χ0v) is 14.0. The van der Waals surface area contributed by atoms with Crippen molar-refractivity contribution in [2.24, 2.45) is 17.1 Å². The molecule has 1 aliphatic heterocycles. The minimum atomic E-state index is -2.80. The lowest BCUT2D eigenvalue weighted by molar-refractivity contribution is 0.272. The summed E-state index contributed by atoms with van der Waals surface area (Å²) < 4.78 is 25.7. The number of hydrogen-bond acceptors (Lipinski definition) is 3. The van der Waals surface area contributed by atoms with Gasteiger partial charge >= 0.3 is 0 Å². The van der Waals surface area contributed by atoms with Crippen LogP contribution >= 0.6 is 0 Å². The highest BCUT2D eigenvalue weighted by Crippen LogP contribution is 2.41. The lowest BCUT2D eigenvalue weighted by atomic mass is 9.74. The molecule has 0 radical (unpaired) electrons. The van der Waals surface area contributed by atoms with Gasteiger partial charge in [-0.25, -0.2) is 8.42 Å². The van der Waals surface area contributed by atoms with E-state index in [9.17, 15) is 8.42 Å². The lowest BCUT2D eigenvalue weighted by Gasteiger charge is -2.35. The summed E-state index contributed by atoms with van der Waals surface area (Å²) >= 11 is 0. The average molecular weight is 310 g/mol. The number of fused-ring (bicyclic) bond motifs is 1. The topological polar surface area (TPSA) is 65.1 Å². The molecule has 1 fully saturated rings. The highest BCUT2D eigenvalue weighted by Gasteiger charge is 2.35. The predicted octanol–water partition coefficient (Wildman–Crippen LogP) is 2.20. The second kappa shape index (κ2) is 4.85. The van der Waals surface area contributed by atoms with Crippen LogP contribution in [-0.4, -0.2) is 24.5 Å². The van der Waals surface area contributed by atoms with E-state index in [4.69, 9.17) is 5.73 Å². The molecule has 0 spiro atoms. The molecule has 21 heavy (non-hydrogen) atoms. The Bertz CT molecular complexity index is 658. The third-order valence-electron chi connectivity index (χ3n) is 5.03. The van der Waals surface area contributed by atoms with Gasteiger partial charge in [-0.3, -0.25) is 0 Å². The number of sulfone groups is 1. The third kappa shape index (κ3) is 2.90. The summed E-state index contributed by atoms with van der Waals surface area (Å²) in [7, 11) is -2.80. The van der Waals surface area contributed by atoms with Crippen molar-refractivity contribution in [2.45, 2.75) is 52.6 Å². The summed E-state index contributed by atoms with van der Waals surface area (Å²) in [6.07, 6.45) is 2.84. The summed E-state index contributed by atoms with van der Waals surface area (Å²) in [5.41, 5.74) is 10.4. The number of hydrogen-bond donors (Lipinski definition) is 1. The van der Waals surface area contributed by atoms with Crippen LogP contribution in [0.25, 0.3) is 0 Å². The molecule has 3 rings (SSSR count). The van der Waals surface area contributed by atoms with Gasteiger partial charge in [0.15, 0.2) is 9.84 Å². The van der Waals surface area contributed by atoms with Crippen LogP contribution < -0.4 is 5.73 Å². The van der Waals surface area contributed by atoms with Crippen LogP contribution in [0.3, 0.4) is 0 Å². The van der Waals surface area contributed by atoms with Crippen molar-refractivity contribution in [1.82, 2.24) is 4.57 Å². The van der Waals surface area contributed by atoms with Crippen molar-refractivity contribution >= 4 is 9.84 Å². The van der Waals surface area contributed by atoms with Crippen LogP contribution in [0.5, 0.6) is 0 Å². The van der Waals surface area contributed by atoms with E-state index in [2.05, 4.69) is 31.4 Å². The molecule has 2 unspecified atom stereocenters. The molecule has 1 aliphatic carbocycles. The van der Waals surface area contributed by atoms with Crippen molar-refractivity contribution < 1.29 is 8.42 Å². The minimum Gasteiger partial charge on any atom is -0.348 e. The van der Waals surface area contributed by atoms with Gasteiger partial charge in [0.2, 0.25) is 0 Å². The van der Waals surface area contributed by atoms with E-state index in [0.717, 1.165) is 25.8 Å². The maximum absolute atomic E-state index is 11.7. The Hall–Kier alpha value is -0.810. The van der Waals surface area contributed by atoms with Crippen LogP contribution in [0.15, 0.2) is 6.07 Å². The number of aromatic nitrogens is 1. The Morgan fingerprint density at radius 3 is 2.76 bits per heavy atom. The smallest absolute Gasteiger partial charge is 0.150 e. The molecule has 0 aromatic carbocycles. The van der Waals surface area contributed by atoms with Crippen molar-refractivity contribution in [3.8, 4) is 0 Å². The quantitative estimate of drug-likeness (QED) is 0.911. The maximum atomic E-state index is 11.7. The molecule has 5 heteroatoms. The molecule has 4 nitrogen and oxygen atoms in total. The van der Waals surface area contributed by atoms with Gasteiger partial charge in [0.1, 0.15) is 0 Å². The fourth-order valence-corrected chi connectivity index (χ4v) is 5.88. The molecular weight excluding hydrogens is 284 g/mol. The average Bonchev–Trinajstić information content (AvgIpc) is 2.81. The third-order valence-corrected chi connectivity index (χ3v) is 6.87. The normalized spacial score (nSPS) is 30.3. The van der Waals surface area contributed by atoms with Crippen molar-refractivity contribution in [2.75, 3.05) is 11.5 Å². The van der Waals surface area contributed by atoms with Crippen LogP contribution in [0, 0.1) is 18.3 Å². The first-order valence-electron chi connectivity index (χ1n) is 7.82. The number of rotatable bonds is 2. The first kappa shape index (κ1) is 15.1. The minimum absolute atomic E-state index is 0.107. The molecule has 118 valence electrons. The van der Waals surface area contributed by atoms with Crippen LogP contribution in [0.1, 0.15) is 49.7 Å². The molecule has 2 heterocycles. The molecule has 0 bridgehead atoms. The SMILES string of the molecule is Cc1cc2c(n1CC1CCS(=O)(=O)C1)CC(C)(C)CC2N. The van der Waals surface area contributed by atoms with Gasteiger partial charge in [-0.05, 0) is 49.1 Å². The number of nitrogens with zero attached hydrogens (tertiary/aromatic N) is 1. The van der Waals surface area contributed by atoms with Crippen molar-refractivity contribution in [3.63, 3.8) is 0 Å². The fraction of sp³-hybridized carbons (Fsp3) is 0.750. The summed E-state index contributed by atoms with van der Waals surface area (Å²) in [6, 6.07) is 2.31. The standard InChI is InChI=1S/C16H26N2O2S/c1-11-6-13-14(17)7-16(2,3)8-15(13)18(11)9-12-4-5-21(19,20)10-12/h6,12,14H,4-5,7-10,17H2,1-3H3. The number of nitrogens with two attached hydrogens (primary N) is 1. The Kier molecular flexibility index (Phi) is 3.49. The second-order valence-electron chi connectivity index (χ2n) is 7.72. The van der Waals surface area contributed by atoms with Gasteiger partial charge in [0.05, 0.1) is 11.5 Å². The maximum Gasteiger partial charge on any atom is 0.150 e. The van der Waals surface area contributed by atoms with Crippen LogP contribution in [0.4, 0.5) is 0 Å². The van der Waals surface area contributed by atoms with E-state index in [-0.39, 0.29) is 17.4 Å². The Morgan fingerprint density at radius 1 is 1.43 bits per heavy atom. The summed E-state index contributed by atoms with van der Waals surface area (Å²) in [4.78, 5) is 0.